The molecule has 0 aliphatic carbocycles. The third kappa shape index (κ3) is 2.45. The molecule has 9 heteroatoms. The molecule has 0 aliphatic rings. The number of hydrogen-bond donors (Lipinski definition) is 1. The molecule has 3 aromatic heterocycles. The molecule has 0 radical (unpaired) electrons. The highest BCUT2D eigenvalue weighted by Crippen LogP contribution is 2.40. The first kappa shape index (κ1) is 16.2. The Balaban J connectivity index is 2.08. The highest BCUT2D eigenvalue weighted by molar-refractivity contribution is 5.64. The SMILES string of the molecule is CC(C)(c1ccc(-c2cc(F)c3cnc(N)nn23)nc1)C(F)(F)F. The van der Waals surface area contributed by atoms with E-state index in [2.05, 4.69) is 15.1 Å². The van der Waals surface area contributed by atoms with E-state index >= 15 is 0 Å². The standard InChI is InChI=1S/C15H13F4N5/c1-14(2,15(17,18)19)8-3-4-10(21-6-8)11-5-9(16)12-7-22-13(20)23-24(11)12/h3-7H,1-2H3,(H2,20,23). The summed E-state index contributed by atoms with van der Waals surface area (Å²) in [6, 6.07) is 3.89. The number of fused-ring (bicyclic) bond motifs is 1. The van der Waals surface area contributed by atoms with Gasteiger partial charge in [0.2, 0.25) is 5.95 Å². The summed E-state index contributed by atoms with van der Waals surface area (Å²) in [7, 11) is 0. The first-order valence-corrected chi connectivity index (χ1v) is 6.94. The fourth-order valence-electron chi connectivity index (χ4n) is 2.23. The molecule has 126 valence electrons. The van der Waals surface area contributed by atoms with Crippen molar-refractivity contribution >= 4 is 11.5 Å². The van der Waals surface area contributed by atoms with Crippen LogP contribution in [0.25, 0.3) is 16.9 Å². The first-order valence-electron chi connectivity index (χ1n) is 6.94. The molecule has 5 nitrogen and oxygen atoms in total. The summed E-state index contributed by atoms with van der Waals surface area (Å²) in [5, 5.41) is 3.91. The quantitative estimate of drug-likeness (QED) is 0.727. The van der Waals surface area contributed by atoms with Crippen LogP contribution < -0.4 is 5.73 Å². The fourth-order valence-corrected chi connectivity index (χ4v) is 2.23. The zero-order valence-electron chi connectivity index (χ0n) is 12.8. The Morgan fingerprint density at radius 1 is 1.08 bits per heavy atom. The lowest BCUT2D eigenvalue weighted by atomic mass is 9.85. The smallest absolute Gasteiger partial charge is 0.367 e. The van der Waals surface area contributed by atoms with Crippen LogP contribution in [0.1, 0.15) is 19.4 Å². The summed E-state index contributed by atoms with van der Waals surface area (Å²) in [6.07, 6.45) is -2.06. The van der Waals surface area contributed by atoms with Gasteiger partial charge in [-0.25, -0.2) is 13.9 Å². The molecule has 0 aliphatic heterocycles. The lowest BCUT2D eigenvalue weighted by molar-refractivity contribution is -0.180. The fraction of sp³-hybridized carbons (Fsp3) is 0.267. The van der Waals surface area contributed by atoms with Crippen molar-refractivity contribution in [3.05, 3.63) is 42.0 Å². The van der Waals surface area contributed by atoms with Crippen molar-refractivity contribution in [2.75, 3.05) is 5.73 Å². The van der Waals surface area contributed by atoms with Gasteiger partial charge in [-0.05, 0) is 25.5 Å². The van der Waals surface area contributed by atoms with Gasteiger partial charge in [0.15, 0.2) is 5.82 Å². The van der Waals surface area contributed by atoms with Gasteiger partial charge in [0.05, 0.1) is 23.0 Å². The molecule has 0 atom stereocenters. The molecule has 0 saturated carbocycles. The minimum Gasteiger partial charge on any atom is -0.367 e. The van der Waals surface area contributed by atoms with Crippen molar-refractivity contribution < 1.29 is 17.6 Å². The van der Waals surface area contributed by atoms with Gasteiger partial charge in [-0.15, -0.1) is 5.10 Å². The number of nitrogen functional groups attached to an aromatic ring is 1. The lowest BCUT2D eigenvalue weighted by Crippen LogP contribution is -2.36. The lowest BCUT2D eigenvalue weighted by Gasteiger charge is -2.27. The second-order valence-corrected chi connectivity index (χ2v) is 5.85. The molecule has 3 heterocycles. The second kappa shape index (κ2) is 5.15. The normalized spacial score (nSPS) is 12.8. The van der Waals surface area contributed by atoms with Crippen LogP contribution in [0.15, 0.2) is 30.6 Å². The van der Waals surface area contributed by atoms with Gasteiger partial charge in [-0.3, -0.25) is 4.98 Å². The van der Waals surface area contributed by atoms with Crippen molar-refractivity contribution in [3.63, 3.8) is 0 Å². The Labute approximate surface area is 134 Å². The molecule has 0 fully saturated rings. The third-order valence-corrected chi connectivity index (χ3v) is 3.94. The molecular formula is C15H13F4N5. The molecule has 0 unspecified atom stereocenters. The Kier molecular flexibility index (Phi) is 3.47. The van der Waals surface area contributed by atoms with Crippen LogP contribution in [0.4, 0.5) is 23.5 Å². The summed E-state index contributed by atoms with van der Waals surface area (Å²) in [4.78, 5) is 7.74. The summed E-state index contributed by atoms with van der Waals surface area (Å²) in [5.74, 6) is -0.638. The molecule has 0 saturated heterocycles. The molecule has 0 spiro atoms. The van der Waals surface area contributed by atoms with Crippen LogP contribution in [0.2, 0.25) is 0 Å². The van der Waals surface area contributed by atoms with Gasteiger partial charge in [0.1, 0.15) is 5.52 Å². The number of rotatable bonds is 2. The molecule has 24 heavy (non-hydrogen) atoms. The number of anilines is 1. The maximum Gasteiger partial charge on any atom is 0.397 e. The average Bonchev–Trinajstić information content (AvgIpc) is 2.82. The number of nitrogens with two attached hydrogens (primary N) is 1. The number of pyridine rings is 1. The van der Waals surface area contributed by atoms with Crippen molar-refractivity contribution in [2.24, 2.45) is 0 Å². The minimum absolute atomic E-state index is 0.00854. The van der Waals surface area contributed by atoms with E-state index in [0.29, 0.717) is 0 Å². The van der Waals surface area contributed by atoms with E-state index in [-0.39, 0.29) is 28.4 Å². The van der Waals surface area contributed by atoms with Crippen LogP contribution in [-0.4, -0.2) is 25.8 Å². The van der Waals surface area contributed by atoms with Gasteiger partial charge in [0.25, 0.3) is 0 Å². The molecule has 3 rings (SSSR count). The van der Waals surface area contributed by atoms with Gasteiger partial charge < -0.3 is 5.73 Å². The van der Waals surface area contributed by atoms with E-state index in [1.165, 1.54) is 28.9 Å². The minimum atomic E-state index is -4.41. The molecular weight excluding hydrogens is 326 g/mol. The summed E-state index contributed by atoms with van der Waals surface area (Å²) in [6.45, 7) is 2.15. The third-order valence-electron chi connectivity index (χ3n) is 3.94. The number of hydrogen-bond acceptors (Lipinski definition) is 4. The second-order valence-electron chi connectivity index (χ2n) is 5.85. The van der Waals surface area contributed by atoms with Crippen molar-refractivity contribution in [1.82, 2.24) is 19.6 Å². The summed E-state index contributed by atoms with van der Waals surface area (Å²) in [5.41, 5.74) is 4.10. The maximum atomic E-state index is 13.9. The molecule has 0 aromatic carbocycles. The van der Waals surface area contributed by atoms with Gasteiger partial charge in [-0.1, -0.05) is 6.07 Å². The molecule has 3 aromatic rings. The number of aromatic nitrogens is 4. The van der Waals surface area contributed by atoms with Crippen LogP contribution in [0.5, 0.6) is 0 Å². The van der Waals surface area contributed by atoms with Crippen molar-refractivity contribution in [3.8, 4) is 11.4 Å². The summed E-state index contributed by atoms with van der Waals surface area (Å²) >= 11 is 0. The van der Waals surface area contributed by atoms with Crippen LogP contribution >= 0.6 is 0 Å². The predicted octanol–water partition coefficient (Wildman–Crippen LogP) is 3.35. The van der Waals surface area contributed by atoms with Gasteiger partial charge in [-0.2, -0.15) is 13.2 Å². The zero-order chi connectivity index (χ0) is 17.7. The maximum absolute atomic E-state index is 13.9. The van der Waals surface area contributed by atoms with E-state index in [4.69, 9.17) is 5.73 Å². The Hall–Kier alpha value is -2.71. The first-order chi connectivity index (χ1) is 11.1. The van der Waals surface area contributed by atoms with Crippen molar-refractivity contribution in [2.45, 2.75) is 25.4 Å². The Morgan fingerprint density at radius 3 is 2.38 bits per heavy atom. The Bertz CT molecular complexity index is 897. The van der Waals surface area contributed by atoms with Crippen LogP contribution in [0, 0.1) is 5.82 Å². The number of alkyl halides is 3. The molecule has 0 amide bonds. The van der Waals surface area contributed by atoms with Gasteiger partial charge in [0, 0.05) is 12.3 Å². The van der Waals surface area contributed by atoms with E-state index < -0.39 is 17.4 Å². The molecule has 2 N–H and O–H groups in total. The van der Waals surface area contributed by atoms with Crippen LogP contribution in [-0.2, 0) is 5.41 Å². The average molecular weight is 339 g/mol. The topological polar surface area (TPSA) is 69.1 Å². The zero-order valence-corrected chi connectivity index (χ0v) is 12.8. The predicted molar refractivity (Wildman–Crippen MR) is 79.7 cm³/mol. The number of halogens is 4. The van der Waals surface area contributed by atoms with E-state index in [1.807, 2.05) is 0 Å². The molecule has 0 bridgehead atoms. The van der Waals surface area contributed by atoms with Crippen LogP contribution in [0.3, 0.4) is 0 Å². The summed E-state index contributed by atoms with van der Waals surface area (Å²) < 4.78 is 54.4. The number of nitrogens with zero attached hydrogens (tertiary/aromatic N) is 4. The van der Waals surface area contributed by atoms with E-state index in [9.17, 15) is 17.6 Å². The monoisotopic (exact) mass is 339 g/mol. The highest BCUT2D eigenvalue weighted by atomic mass is 19.4. The van der Waals surface area contributed by atoms with Gasteiger partial charge >= 0.3 is 6.18 Å². The largest absolute Gasteiger partial charge is 0.397 e. The van der Waals surface area contributed by atoms with Crippen molar-refractivity contribution in [1.29, 1.82) is 0 Å². The van der Waals surface area contributed by atoms with E-state index in [0.717, 1.165) is 20.0 Å². The van der Waals surface area contributed by atoms with E-state index in [1.54, 1.807) is 0 Å². The Morgan fingerprint density at radius 2 is 1.79 bits per heavy atom. The highest BCUT2D eigenvalue weighted by Gasteiger charge is 2.48.